The molecule has 0 amide bonds. The lowest BCUT2D eigenvalue weighted by Crippen LogP contribution is -2.05. The number of ether oxygens (including phenoxy) is 1. The third-order valence-electron chi connectivity index (χ3n) is 2.64. The normalized spacial score (nSPS) is 12.2. The molecular formula is C13H18O2. The van der Waals surface area contributed by atoms with E-state index in [2.05, 4.69) is 13.8 Å². The molecular weight excluding hydrogens is 188 g/mol. The van der Waals surface area contributed by atoms with Crippen molar-refractivity contribution < 1.29 is 9.53 Å². The Bertz CT molecular complexity index is 314. The summed E-state index contributed by atoms with van der Waals surface area (Å²) in [5.74, 6) is 1.46. The molecule has 0 aromatic heterocycles. The Morgan fingerprint density at radius 1 is 1.33 bits per heavy atom. The second-order valence-electron chi connectivity index (χ2n) is 3.87. The molecule has 1 aromatic rings. The van der Waals surface area contributed by atoms with E-state index < -0.39 is 0 Å². The fraction of sp³-hybridized carbons (Fsp3) is 0.462. The lowest BCUT2D eigenvalue weighted by molar-refractivity contribution is 0.0963. The summed E-state index contributed by atoms with van der Waals surface area (Å²) in [6, 6.07) is 7.29. The number of hydrogen-bond acceptors (Lipinski definition) is 2. The zero-order chi connectivity index (χ0) is 11.3. The summed E-state index contributed by atoms with van der Waals surface area (Å²) >= 11 is 0. The van der Waals surface area contributed by atoms with Crippen LogP contribution in [0.15, 0.2) is 24.3 Å². The summed E-state index contributed by atoms with van der Waals surface area (Å²) in [4.78, 5) is 11.8. The first-order chi connectivity index (χ1) is 7.17. The first kappa shape index (κ1) is 11.8. The van der Waals surface area contributed by atoms with Gasteiger partial charge >= 0.3 is 0 Å². The van der Waals surface area contributed by atoms with E-state index in [4.69, 9.17) is 4.74 Å². The minimum atomic E-state index is 0.215. The molecule has 0 bridgehead atoms. The predicted molar refractivity (Wildman–Crippen MR) is 61.4 cm³/mol. The van der Waals surface area contributed by atoms with Crippen molar-refractivity contribution in [3.05, 3.63) is 29.8 Å². The van der Waals surface area contributed by atoms with E-state index in [0.29, 0.717) is 12.3 Å². The number of carbonyl (C=O) groups excluding carboxylic acids is 1. The van der Waals surface area contributed by atoms with E-state index in [1.807, 2.05) is 24.3 Å². The number of carbonyl (C=O) groups is 1. The topological polar surface area (TPSA) is 26.3 Å². The van der Waals surface area contributed by atoms with Gasteiger partial charge in [-0.1, -0.05) is 20.3 Å². The van der Waals surface area contributed by atoms with Crippen LogP contribution in [0.1, 0.15) is 37.0 Å². The zero-order valence-electron chi connectivity index (χ0n) is 9.62. The van der Waals surface area contributed by atoms with E-state index in [-0.39, 0.29) is 5.78 Å². The maximum absolute atomic E-state index is 11.8. The Balaban J connectivity index is 2.66. The van der Waals surface area contributed by atoms with E-state index in [9.17, 15) is 4.79 Å². The number of rotatable bonds is 5. The molecule has 1 rings (SSSR count). The summed E-state index contributed by atoms with van der Waals surface area (Å²) in [5, 5.41) is 0. The van der Waals surface area contributed by atoms with Crippen LogP contribution in [-0.4, -0.2) is 12.9 Å². The molecule has 1 unspecified atom stereocenters. The molecule has 0 fully saturated rings. The Labute approximate surface area is 91.3 Å². The third-order valence-corrected chi connectivity index (χ3v) is 2.64. The molecule has 1 aromatic carbocycles. The van der Waals surface area contributed by atoms with Crippen molar-refractivity contribution >= 4 is 5.78 Å². The van der Waals surface area contributed by atoms with Gasteiger partial charge in [0.05, 0.1) is 7.11 Å². The van der Waals surface area contributed by atoms with Gasteiger partial charge < -0.3 is 4.74 Å². The van der Waals surface area contributed by atoms with E-state index in [1.54, 1.807) is 7.11 Å². The number of ketones is 1. The van der Waals surface area contributed by atoms with E-state index >= 15 is 0 Å². The first-order valence-corrected chi connectivity index (χ1v) is 5.34. The van der Waals surface area contributed by atoms with Crippen molar-refractivity contribution in [2.24, 2.45) is 5.92 Å². The highest BCUT2D eigenvalue weighted by Crippen LogP contribution is 2.15. The van der Waals surface area contributed by atoms with E-state index in [0.717, 1.165) is 17.7 Å². The Morgan fingerprint density at radius 2 is 1.93 bits per heavy atom. The molecule has 15 heavy (non-hydrogen) atoms. The van der Waals surface area contributed by atoms with Gasteiger partial charge in [0, 0.05) is 12.0 Å². The summed E-state index contributed by atoms with van der Waals surface area (Å²) in [7, 11) is 1.62. The first-order valence-electron chi connectivity index (χ1n) is 5.34. The Hall–Kier alpha value is -1.31. The van der Waals surface area contributed by atoms with Crippen molar-refractivity contribution in [1.82, 2.24) is 0 Å². The fourth-order valence-electron chi connectivity index (χ4n) is 1.36. The quantitative estimate of drug-likeness (QED) is 0.691. The van der Waals surface area contributed by atoms with Crippen LogP contribution < -0.4 is 4.74 Å². The molecule has 1 atom stereocenters. The largest absolute Gasteiger partial charge is 0.497 e. The minimum absolute atomic E-state index is 0.215. The zero-order valence-corrected chi connectivity index (χ0v) is 9.62. The predicted octanol–water partition coefficient (Wildman–Crippen LogP) is 3.31. The standard InChI is InChI=1S/C13H18O2/c1-4-10(2)9-13(14)11-5-7-12(15-3)8-6-11/h5-8,10H,4,9H2,1-3H3. The molecule has 0 aliphatic carbocycles. The molecule has 0 saturated heterocycles. The fourth-order valence-corrected chi connectivity index (χ4v) is 1.36. The maximum Gasteiger partial charge on any atom is 0.163 e. The van der Waals surface area contributed by atoms with Gasteiger partial charge in [-0.15, -0.1) is 0 Å². The minimum Gasteiger partial charge on any atom is -0.497 e. The molecule has 0 heterocycles. The summed E-state index contributed by atoms with van der Waals surface area (Å²) in [5.41, 5.74) is 0.774. The second-order valence-corrected chi connectivity index (χ2v) is 3.87. The van der Waals surface area contributed by atoms with Gasteiger partial charge in [0.25, 0.3) is 0 Å². The molecule has 82 valence electrons. The van der Waals surface area contributed by atoms with Crippen molar-refractivity contribution in [2.75, 3.05) is 7.11 Å². The highest BCUT2D eigenvalue weighted by atomic mass is 16.5. The number of benzene rings is 1. The van der Waals surface area contributed by atoms with Crippen molar-refractivity contribution in [2.45, 2.75) is 26.7 Å². The second kappa shape index (κ2) is 5.54. The summed E-state index contributed by atoms with van der Waals surface area (Å²) in [6.45, 7) is 4.20. The number of methoxy groups -OCH3 is 1. The SMILES string of the molecule is CCC(C)CC(=O)c1ccc(OC)cc1. The highest BCUT2D eigenvalue weighted by molar-refractivity contribution is 5.96. The number of Topliss-reactive ketones (excluding diaryl/α,β-unsaturated/α-hetero) is 1. The highest BCUT2D eigenvalue weighted by Gasteiger charge is 2.09. The average molecular weight is 206 g/mol. The van der Waals surface area contributed by atoms with Crippen LogP contribution in [-0.2, 0) is 0 Å². The van der Waals surface area contributed by atoms with Gasteiger partial charge in [0.1, 0.15) is 5.75 Å². The van der Waals surface area contributed by atoms with Gasteiger partial charge in [0.15, 0.2) is 5.78 Å². The van der Waals surface area contributed by atoms with Crippen molar-refractivity contribution in [1.29, 1.82) is 0 Å². The lowest BCUT2D eigenvalue weighted by Gasteiger charge is -2.07. The molecule has 0 aliphatic rings. The van der Waals surface area contributed by atoms with Crippen LogP contribution in [0.4, 0.5) is 0 Å². The van der Waals surface area contributed by atoms with Crippen molar-refractivity contribution in [3.8, 4) is 5.75 Å². The lowest BCUT2D eigenvalue weighted by atomic mass is 9.98. The Kier molecular flexibility index (Phi) is 4.35. The van der Waals surface area contributed by atoms with E-state index in [1.165, 1.54) is 0 Å². The van der Waals surface area contributed by atoms with Gasteiger partial charge in [-0.3, -0.25) is 4.79 Å². The molecule has 0 aliphatic heterocycles. The average Bonchev–Trinajstić information content (AvgIpc) is 2.29. The summed E-state index contributed by atoms with van der Waals surface area (Å²) < 4.78 is 5.04. The van der Waals surface area contributed by atoms with Gasteiger partial charge in [-0.2, -0.15) is 0 Å². The van der Waals surface area contributed by atoms with Crippen molar-refractivity contribution in [3.63, 3.8) is 0 Å². The van der Waals surface area contributed by atoms with Crippen LogP contribution in [0, 0.1) is 5.92 Å². The molecule has 0 saturated carbocycles. The molecule has 0 radical (unpaired) electrons. The smallest absolute Gasteiger partial charge is 0.163 e. The van der Waals surface area contributed by atoms with Gasteiger partial charge in [0.2, 0.25) is 0 Å². The van der Waals surface area contributed by atoms with Crippen LogP contribution in [0.2, 0.25) is 0 Å². The molecule has 2 nitrogen and oxygen atoms in total. The molecule has 2 heteroatoms. The van der Waals surface area contributed by atoms with Gasteiger partial charge in [-0.05, 0) is 30.2 Å². The maximum atomic E-state index is 11.8. The van der Waals surface area contributed by atoms with Crippen LogP contribution >= 0.6 is 0 Å². The van der Waals surface area contributed by atoms with Crippen LogP contribution in [0.25, 0.3) is 0 Å². The molecule has 0 spiro atoms. The van der Waals surface area contributed by atoms with Crippen LogP contribution in [0.3, 0.4) is 0 Å². The monoisotopic (exact) mass is 206 g/mol. The van der Waals surface area contributed by atoms with Crippen LogP contribution in [0.5, 0.6) is 5.75 Å². The molecule has 0 N–H and O–H groups in total. The summed E-state index contributed by atoms with van der Waals surface area (Å²) in [6.07, 6.45) is 1.67. The third kappa shape index (κ3) is 3.39. The van der Waals surface area contributed by atoms with Gasteiger partial charge in [-0.25, -0.2) is 0 Å². The number of hydrogen-bond donors (Lipinski definition) is 0. The Morgan fingerprint density at radius 3 is 2.40 bits per heavy atom.